The lowest BCUT2D eigenvalue weighted by Crippen LogP contribution is -2.44. The van der Waals surface area contributed by atoms with Crippen molar-refractivity contribution in [1.29, 1.82) is 0 Å². The molecule has 2 atom stereocenters. The van der Waals surface area contributed by atoms with Crippen molar-refractivity contribution in [2.24, 2.45) is 0 Å². The van der Waals surface area contributed by atoms with Gasteiger partial charge in [0.05, 0.1) is 18.8 Å². The lowest BCUT2D eigenvalue weighted by molar-refractivity contribution is -0.123. The molecule has 4 nitrogen and oxygen atoms in total. The van der Waals surface area contributed by atoms with E-state index in [1.165, 1.54) is 57.8 Å². The minimum atomic E-state index is -0.198. The summed E-state index contributed by atoms with van der Waals surface area (Å²) in [5.41, 5.74) is 0. The highest BCUT2D eigenvalue weighted by Gasteiger charge is 2.18. The fraction of sp³-hybridized carbons (Fsp3) is 0.950. The molecule has 1 N–H and O–H groups in total. The van der Waals surface area contributed by atoms with E-state index in [0.717, 1.165) is 12.8 Å². The first-order valence-electron chi connectivity index (χ1n) is 10.3. The molecule has 0 aromatic rings. The molecule has 0 aliphatic carbocycles. The van der Waals surface area contributed by atoms with Crippen molar-refractivity contribution in [2.75, 3.05) is 20.2 Å². The highest BCUT2D eigenvalue weighted by atomic mass is 16.5. The second kappa shape index (κ2) is 18.3. The van der Waals surface area contributed by atoms with E-state index in [2.05, 4.69) is 12.2 Å². The van der Waals surface area contributed by atoms with E-state index in [0.29, 0.717) is 13.0 Å². The summed E-state index contributed by atoms with van der Waals surface area (Å²) in [6.45, 7) is 4.74. The van der Waals surface area contributed by atoms with Gasteiger partial charge in [0, 0.05) is 20.0 Å². The van der Waals surface area contributed by atoms with Crippen molar-refractivity contribution >= 4 is 13.8 Å². The Morgan fingerprint density at radius 3 is 1.96 bits per heavy atom. The molecule has 0 fully saturated rings. The lowest BCUT2D eigenvalue weighted by atomic mass is 10.1. The topological polar surface area (TPSA) is 47.6 Å². The first-order chi connectivity index (χ1) is 12.2. The molecule has 0 spiro atoms. The van der Waals surface area contributed by atoms with Crippen LogP contribution in [0.1, 0.15) is 90.9 Å². The van der Waals surface area contributed by atoms with E-state index in [-0.39, 0.29) is 24.6 Å². The normalized spacial score (nSPS) is 13.6. The van der Waals surface area contributed by atoms with E-state index in [9.17, 15) is 4.79 Å². The lowest BCUT2D eigenvalue weighted by Gasteiger charge is -2.24. The number of methoxy groups -OCH3 is 1. The molecule has 0 rings (SSSR count). The van der Waals surface area contributed by atoms with Crippen LogP contribution in [0.15, 0.2) is 0 Å². The van der Waals surface area contributed by atoms with Crippen molar-refractivity contribution in [2.45, 2.75) is 103 Å². The van der Waals surface area contributed by atoms with Crippen LogP contribution in [-0.2, 0) is 14.3 Å². The number of rotatable bonds is 18. The molecule has 146 valence electrons. The summed E-state index contributed by atoms with van der Waals surface area (Å²) in [4.78, 5) is 12.0. The van der Waals surface area contributed by atoms with Gasteiger partial charge in [0.15, 0.2) is 0 Å². The van der Waals surface area contributed by atoms with Crippen molar-refractivity contribution in [3.8, 4) is 0 Å². The van der Waals surface area contributed by atoms with Crippen molar-refractivity contribution in [3.63, 3.8) is 0 Å². The standard InChI is InChI=1S/C20H40BNO3/c1-4-5-6-7-8-9-10-11-12-13-14-15-20(23)22-18(2)19(16-24-3)25-17-21/h18-19H,4-17H2,1-3H3,(H,22,23)/t18?,19-/m1/s1. The maximum Gasteiger partial charge on any atom is 0.220 e. The molecule has 0 aromatic carbocycles. The number of nitrogens with one attached hydrogen (secondary N) is 1. The summed E-state index contributed by atoms with van der Waals surface area (Å²) >= 11 is 0. The van der Waals surface area contributed by atoms with Crippen LogP contribution in [0.25, 0.3) is 0 Å². The third-order valence-corrected chi connectivity index (χ3v) is 4.59. The SMILES string of the molecule is [B]CO[C@H](COC)C(C)NC(=O)CCCCCCCCCCCCC. The summed E-state index contributed by atoms with van der Waals surface area (Å²) < 4.78 is 10.5. The summed E-state index contributed by atoms with van der Waals surface area (Å²) in [5, 5.41) is 2.99. The zero-order chi connectivity index (χ0) is 18.8. The molecule has 0 saturated heterocycles. The largest absolute Gasteiger partial charge is 0.383 e. The van der Waals surface area contributed by atoms with Crippen molar-refractivity contribution in [1.82, 2.24) is 5.32 Å². The van der Waals surface area contributed by atoms with Gasteiger partial charge in [-0.25, -0.2) is 0 Å². The molecular weight excluding hydrogens is 313 g/mol. The molecule has 0 aliphatic heterocycles. The predicted molar refractivity (Wildman–Crippen MR) is 106 cm³/mol. The van der Waals surface area contributed by atoms with Gasteiger partial charge in [0.25, 0.3) is 0 Å². The molecule has 1 amide bonds. The summed E-state index contributed by atoms with van der Waals surface area (Å²) in [6, 6.07) is -0.0938. The van der Waals surface area contributed by atoms with Crippen molar-refractivity contribution in [3.05, 3.63) is 0 Å². The van der Waals surface area contributed by atoms with Gasteiger partial charge < -0.3 is 14.8 Å². The van der Waals surface area contributed by atoms with Gasteiger partial charge in [-0.1, -0.05) is 71.1 Å². The van der Waals surface area contributed by atoms with Crippen molar-refractivity contribution < 1.29 is 14.3 Å². The Bertz CT molecular complexity index is 297. The highest BCUT2D eigenvalue weighted by Crippen LogP contribution is 2.12. The third-order valence-electron chi connectivity index (χ3n) is 4.59. The molecule has 1 unspecified atom stereocenters. The molecule has 0 heterocycles. The van der Waals surface area contributed by atoms with Crippen LogP contribution >= 0.6 is 0 Å². The van der Waals surface area contributed by atoms with E-state index in [1.54, 1.807) is 7.11 Å². The third kappa shape index (κ3) is 15.4. The Hall–Kier alpha value is -0.545. The van der Waals surface area contributed by atoms with Crippen LogP contribution in [0.2, 0.25) is 0 Å². The van der Waals surface area contributed by atoms with E-state index in [4.69, 9.17) is 17.3 Å². The van der Waals surface area contributed by atoms with Gasteiger partial charge in [0.2, 0.25) is 5.91 Å². The van der Waals surface area contributed by atoms with Gasteiger partial charge in [-0.15, -0.1) is 0 Å². The monoisotopic (exact) mass is 353 g/mol. The Morgan fingerprint density at radius 2 is 1.48 bits per heavy atom. The van der Waals surface area contributed by atoms with Crippen LogP contribution in [0.4, 0.5) is 0 Å². The van der Waals surface area contributed by atoms with Gasteiger partial charge in [-0.2, -0.15) is 0 Å². The zero-order valence-electron chi connectivity index (χ0n) is 16.9. The molecule has 0 bridgehead atoms. The van der Waals surface area contributed by atoms with Crippen LogP contribution in [0.5, 0.6) is 0 Å². The number of amides is 1. The molecular formula is C20H40BNO3. The smallest absolute Gasteiger partial charge is 0.220 e. The van der Waals surface area contributed by atoms with Crippen LogP contribution in [-0.4, -0.2) is 46.1 Å². The van der Waals surface area contributed by atoms with Gasteiger partial charge in [0.1, 0.15) is 7.85 Å². The number of carbonyl (C=O) groups excluding carboxylic acids is 1. The number of hydrogen-bond acceptors (Lipinski definition) is 3. The molecule has 25 heavy (non-hydrogen) atoms. The van der Waals surface area contributed by atoms with E-state index in [1.807, 2.05) is 6.92 Å². The molecule has 0 saturated carbocycles. The minimum Gasteiger partial charge on any atom is -0.383 e. The first-order valence-corrected chi connectivity index (χ1v) is 10.3. The maximum atomic E-state index is 12.0. The number of unbranched alkanes of at least 4 members (excludes halogenated alkanes) is 10. The Kier molecular flexibility index (Phi) is 17.9. The fourth-order valence-corrected chi connectivity index (χ4v) is 2.99. The fourth-order valence-electron chi connectivity index (χ4n) is 2.99. The number of hydrogen-bond donors (Lipinski definition) is 1. The van der Waals surface area contributed by atoms with Gasteiger partial charge >= 0.3 is 0 Å². The number of carbonyl (C=O) groups is 1. The molecule has 0 aromatic heterocycles. The van der Waals surface area contributed by atoms with E-state index >= 15 is 0 Å². The molecule has 2 radical (unpaired) electrons. The molecule has 5 heteroatoms. The van der Waals surface area contributed by atoms with Crippen LogP contribution < -0.4 is 5.32 Å². The van der Waals surface area contributed by atoms with Crippen LogP contribution in [0.3, 0.4) is 0 Å². The Labute approximate surface area is 157 Å². The average Bonchev–Trinajstić information content (AvgIpc) is 2.59. The minimum absolute atomic E-state index is 0.0881. The Balaban J connectivity index is 3.54. The molecule has 0 aliphatic rings. The Morgan fingerprint density at radius 1 is 0.960 bits per heavy atom. The summed E-state index contributed by atoms with van der Waals surface area (Å²) in [5.74, 6) is 0.0881. The summed E-state index contributed by atoms with van der Waals surface area (Å²) in [6.07, 6.45) is 14.6. The zero-order valence-corrected chi connectivity index (χ0v) is 16.9. The maximum absolute atomic E-state index is 12.0. The second-order valence-electron chi connectivity index (χ2n) is 6.97. The highest BCUT2D eigenvalue weighted by molar-refractivity contribution is 6.08. The average molecular weight is 353 g/mol. The van der Waals surface area contributed by atoms with Gasteiger partial charge in [-0.3, -0.25) is 4.79 Å². The first kappa shape index (κ1) is 24.5. The predicted octanol–water partition coefficient (Wildman–Crippen LogP) is 4.35. The number of ether oxygens (including phenoxy) is 2. The quantitative estimate of drug-likeness (QED) is 0.294. The summed E-state index contributed by atoms with van der Waals surface area (Å²) in [7, 11) is 7.03. The van der Waals surface area contributed by atoms with Crippen LogP contribution in [0, 0.1) is 0 Å². The second-order valence-corrected chi connectivity index (χ2v) is 6.97. The van der Waals surface area contributed by atoms with Gasteiger partial charge in [-0.05, 0) is 13.3 Å². The van der Waals surface area contributed by atoms with E-state index < -0.39 is 0 Å².